The van der Waals surface area contributed by atoms with Crippen LogP contribution in [0.1, 0.15) is 0 Å². The van der Waals surface area contributed by atoms with Crippen LogP contribution in [0, 0.1) is 0 Å². The van der Waals surface area contributed by atoms with Crippen LogP contribution in [0.3, 0.4) is 0 Å². The van der Waals surface area contributed by atoms with Gasteiger partial charge < -0.3 is 9.47 Å². The van der Waals surface area contributed by atoms with Gasteiger partial charge in [-0.2, -0.15) is 0 Å². The van der Waals surface area contributed by atoms with E-state index in [1.54, 1.807) is 0 Å². The molecule has 0 aliphatic carbocycles. The van der Waals surface area contributed by atoms with Crippen molar-refractivity contribution in [3.05, 3.63) is 231 Å². The molecule has 0 spiro atoms. The summed E-state index contributed by atoms with van der Waals surface area (Å²) in [6.07, 6.45) is 0. The van der Waals surface area contributed by atoms with E-state index in [-0.39, 0.29) is 0 Å². The molecule has 2 nitrogen and oxygen atoms in total. The van der Waals surface area contributed by atoms with Gasteiger partial charge in [0.15, 0.2) is 0 Å². The topological polar surface area (TPSA) is 8.17 Å². The number of hydrogen-bond donors (Lipinski definition) is 0. The molecule has 2 heteroatoms. The first kappa shape index (κ1) is 33.6. The maximum atomic E-state index is 2.42. The summed E-state index contributed by atoms with van der Waals surface area (Å²) in [7, 11) is 0. The molecule has 1 heterocycles. The van der Waals surface area contributed by atoms with E-state index in [1.165, 1.54) is 71.2 Å². The molecule has 0 aliphatic heterocycles. The van der Waals surface area contributed by atoms with Gasteiger partial charge in [0.25, 0.3) is 0 Å². The third-order valence-corrected chi connectivity index (χ3v) is 11.6. The standard InChI is InChI=1S/C56H38N2/c1-2-20-44(21-3-1)57(45-34-31-39(32-35-45)42-19-12-22-46(37-42)58-54-29-10-8-25-51(54)52-26-9-11-30-55(52)58)56-38-43(49-27-13-17-40-15-4-6-23-47(40)49)33-36-53(56)50-28-14-18-41-16-5-7-24-48(41)50/h1-38H. The first-order valence-corrected chi connectivity index (χ1v) is 19.9. The van der Waals surface area contributed by atoms with Gasteiger partial charge in [0.2, 0.25) is 0 Å². The summed E-state index contributed by atoms with van der Waals surface area (Å²) in [5, 5.41) is 7.46. The number of fused-ring (bicyclic) bond motifs is 5. The minimum atomic E-state index is 1.09. The Hall–Kier alpha value is -7.68. The number of benzene rings is 10. The van der Waals surface area contributed by atoms with E-state index in [1.807, 2.05) is 0 Å². The Balaban J connectivity index is 1.08. The zero-order valence-electron chi connectivity index (χ0n) is 31.8. The second-order valence-corrected chi connectivity index (χ2v) is 14.9. The molecule has 1 aromatic heterocycles. The SMILES string of the molecule is c1ccc(N(c2ccc(-c3cccc(-n4c5ccccc5c5ccccc54)c3)cc2)c2cc(-c3cccc4ccccc34)ccc2-c2cccc3ccccc23)cc1. The lowest BCUT2D eigenvalue weighted by Gasteiger charge is -2.29. The second-order valence-electron chi connectivity index (χ2n) is 14.9. The van der Waals surface area contributed by atoms with Gasteiger partial charge >= 0.3 is 0 Å². The third-order valence-electron chi connectivity index (χ3n) is 11.6. The first-order chi connectivity index (χ1) is 28.8. The van der Waals surface area contributed by atoms with Gasteiger partial charge in [-0.15, -0.1) is 0 Å². The number of para-hydroxylation sites is 3. The predicted molar refractivity (Wildman–Crippen MR) is 247 cm³/mol. The van der Waals surface area contributed by atoms with E-state index in [2.05, 4.69) is 240 Å². The maximum absolute atomic E-state index is 2.42. The largest absolute Gasteiger partial charge is 0.310 e. The summed E-state index contributed by atoms with van der Waals surface area (Å²) in [5.74, 6) is 0. The number of hydrogen-bond acceptors (Lipinski definition) is 1. The molecule has 0 atom stereocenters. The average molecular weight is 739 g/mol. The first-order valence-electron chi connectivity index (χ1n) is 19.9. The lowest BCUT2D eigenvalue weighted by atomic mass is 9.92. The Morgan fingerprint density at radius 2 is 0.810 bits per heavy atom. The van der Waals surface area contributed by atoms with Crippen LogP contribution in [0.15, 0.2) is 231 Å². The van der Waals surface area contributed by atoms with Gasteiger partial charge in [-0.3, -0.25) is 0 Å². The molecule has 0 N–H and O–H groups in total. The van der Waals surface area contributed by atoms with Crippen molar-refractivity contribution in [1.29, 1.82) is 0 Å². The molecule has 0 saturated heterocycles. The molecular weight excluding hydrogens is 701 g/mol. The van der Waals surface area contributed by atoms with Crippen molar-refractivity contribution in [1.82, 2.24) is 4.57 Å². The van der Waals surface area contributed by atoms with Gasteiger partial charge in [-0.05, 0) is 104 Å². The van der Waals surface area contributed by atoms with Crippen LogP contribution in [0.25, 0.3) is 82.4 Å². The fourth-order valence-corrected chi connectivity index (χ4v) is 8.88. The molecule has 58 heavy (non-hydrogen) atoms. The predicted octanol–water partition coefficient (Wildman–Crippen LogP) is 15.6. The van der Waals surface area contributed by atoms with Crippen molar-refractivity contribution in [2.45, 2.75) is 0 Å². The molecule has 0 bridgehead atoms. The van der Waals surface area contributed by atoms with Gasteiger partial charge in [0.05, 0.1) is 16.7 Å². The highest BCUT2D eigenvalue weighted by Gasteiger charge is 2.20. The fourth-order valence-electron chi connectivity index (χ4n) is 8.88. The van der Waals surface area contributed by atoms with E-state index in [9.17, 15) is 0 Å². The Morgan fingerprint density at radius 1 is 0.293 bits per heavy atom. The van der Waals surface area contributed by atoms with Crippen molar-refractivity contribution in [2.24, 2.45) is 0 Å². The van der Waals surface area contributed by atoms with E-state index in [0.29, 0.717) is 0 Å². The van der Waals surface area contributed by atoms with E-state index in [0.717, 1.165) is 28.3 Å². The molecule has 0 radical (unpaired) electrons. The third kappa shape index (κ3) is 5.74. The van der Waals surface area contributed by atoms with Crippen molar-refractivity contribution < 1.29 is 0 Å². The lowest BCUT2D eigenvalue weighted by molar-refractivity contribution is 1.18. The average Bonchev–Trinajstić information content (AvgIpc) is 3.64. The highest BCUT2D eigenvalue weighted by atomic mass is 15.1. The van der Waals surface area contributed by atoms with Crippen molar-refractivity contribution in [3.8, 4) is 39.1 Å². The summed E-state index contributed by atoms with van der Waals surface area (Å²) in [4.78, 5) is 2.42. The Kier molecular flexibility index (Phi) is 8.19. The quantitative estimate of drug-likeness (QED) is 0.158. The van der Waals surface area contributed by atoms with Crippen molar-refractivity contribution in [2.75, 3.05) is 4.90 Å². The molecule has 0 amide bonds. The molecular formula is C56H38N2. The summed E-state index contributed by atoms with van der Waals surface area (Å²) in [5.41, 5.74) is 14.0. The number of anilines is 3. The molecule has 272 valence electrons. The molecule has 11 aromatic rings. The van der Waals surface area contributed by atoms with E-state index >= 15 is 0 Å². The van der Waals surface area contributed by atoms with Crippen LogP contribution in [0.5, 0.6) is 0 Å². The minimum Gasteiger partial charge on any atom is -0.310 e. The summed E-state index contributed by atoms with van der Waals surface area (Å²) >= 11 is 0. The lowest BCUT2D eigenvalue weighted by Crippen LogP contribution is -2.11. The molecule has 0 aliphatic rings. The van der Waals surface area contributed by atoms with Crippen LogP contribution >= 0.6 is 0 Å². The zero-order valence-corrected chi connectivity index (χ0v) is 31.8. The second kappa shape index (κ2) is 14.1. The maximum Gasteiger partial charge on any atom is 0.0546 e. The normalized spacial score (nSPS) is 11.4. The van der Waals surface area contributed by atoms with Gasteiger partial charge in [-0.25, -0.2) is 0 Å². The van der Waals surface area contributed by atoms with Crippen LogP contribution in [0.2, 0.25) is 0 Å². The van der Waals surface area contributed by atoms with Crippen LogP contribution in [-0.2, 0) is 0 Å². The molecule has 10 aromatic carbocycles. The summed E-state index contributed by atoms with van der Waals surface area (Å²) in [6, 6.07) is 83.7. The Bertz CT molecular complexity index is 3220. The highest BCUT2D eigenvalue weighted by Crippen LogP contribution is 2.45. The van der Waals surface area contributed by atoms with Crippen LogP contribution in [0.4, 0.5) is 17.1 Å². The Morgan fingerprint density at radius 3 is 1.50 bits per heavy atom. The molecule has 0 fully saturated rings. The number of aromatic nitrogens is 1. The summed E-state index contributed by atoms with van der Waals surface area (Å²) in [6.45, 7) is 0. The van der Waals surface area contributed by atoms with Crippen molar-refractivity contribution >= 4 is 60.4 Å². The minimum absolute atomic E-state index is 1.09. The monoisotopic (exact) mass is 738 g/mol. The van der Waals surface area contributed by atoms with Crippen LogP contribution in [-0.4, -0.2) is 4.57 Å². The van der Waals surface area contributed by atoms with Crippen molar-refractivity contribution in [3.63, 3.8) is 0 Å². The van der Waals surface area contributed by atoms with Gasteiger partial charge in [0, 0.05) is 33.4 Å². The molecule has 0 saturated carbocycles. The van der Waals surface area contributed by atoms with E-state index in [4.69, 9.17) is 0 Å². The summed E-state index contributed by atoms with van der Waals surface area (Å²) < 4.78 is 2.39. The smallest absolute Gasteiger partial charge is 0.0546 e. The number of nitrogens with zero attached hydrogens (tertiary/aromatic N) is 2. The number of rotatable bonds is 7. The van der Waals surface area contributed by atoms with E-state index < -0.39 is 0 Å². The van der Waals surface area contributed by atoms with Crippen LogP contribution < -0.4 is 4.90 Å². The zero-order chi connectivity index (χ0) is 38.4. The molecule has 0 unspecified atom stereocenters. The Labute approximate surface area is 338 Å². The molecule has 11 rings (SSSR count). The highest BCUT2D eigenvalue weighted by molar-refractivity contribution is 6.09. The van der Waals surface area contributed by atoms with Gasteiger partial charge in [-0.1, -0.05) is 176 Å². The fraction of sp³-hybridized carbons (Fsp3) is 0. The van der Waals surface area contributed by atoms with Gasteiger partial charge in [0.1, 0.15) is 0 Å².